The number of nitrogen functional groups attached to an aromatic ring is 1. The van der Waals surface area contributed by atoms with Gasteiger partial charge in [0.25, 0.3) is 11.6 Å². The van der Waals surface area contributed by atoms with Gasteiger partial charge in [0.15, 0.2) is 0 Å². The van der Waals surface area contributed by atoms with E-state index in [-0.39, 0.29) is 22.8 Å². The number of hydrogen-bond acceptors (Lipinski definition) is 5. The summed E-state index contributed by atoms with van der Waals surface area (Å²) in [5.41, 5.74) is 5.97. The smallest absolute Gasteiger partial charge is 0.270 e. The van der Waals surface area contributed by atoms with Gasteiger partial charge in [-0.15, -0.1) is 0 Å². The number of nitrogens with two attached hydrogens (primary N) is 1. The molecule has 0 aromatic heterocycles. The quantitative estimate of drug-likeness (QED) is 0.498. The summed E-state index contributed by atoms with van der Waals surface area (Å²) in [5.74, 6) is 0.771. The van der Waals surface area contributed by atoms with Gasteiger partial charge in [0, 0.05) is 29.6 Å². The van der Waals surface area contributed by atoms with Crippen molar-refractivity contribution in [1.82, 2.24) is 5.32 Å². The average Bonchev–Trinajstić information content (AvgIpc) is 2.89. The van der Waals surface area contributed by atoms with E-state index in [0.717, 1.165) is 12.2 Å². The molecule has 7 heteroatoms. The van der Waals surface area contributed by atoms with E-state index in [1.165, 1.54) is 24.6 Å². The Kier molecular flexibility index (Phi) is 4.26. The zero-order valence-corrected chi connectivity index (χ0v) is 11.1. The van der Waals surface area contributed by atoms with Gasteiger partial charge in [0.1, 0.15) is 0 Å². The van der Waals surface area contributed by atoms with Crippen LogP contribution in [0, 0.1) is 10.1 Å². The van der Waals surface area contributed by atoms with Crippen LogP contribution < -0.4 is 11.1 Å². The standard InChI is InChI=1S/C12H15N3O3S/c13-11-4-3-8(15(17)18)6-10(11)12(16)14-7-9-2-1-5-19-9/h3-4,6,9H,1-2,5,7,13H2,(H,14,16). The van der Waals surface area contributed by atoms with Crippen LogP contribution in [0.25, 0.3) is 0 Å². The second kappa shape index (κ2) is 5.92. The molecule has 1 saturated heterocycles. The Labute approximate surface area is 114 Å². The van der Waals surface area contributed by atoms with Crippen molar-refractivity contribution in [1.29, 1.82) is 0 Å². The fourth-order valence-corrected chi connectivity index (χ4v) is 3.16. The SMILES string of the molecule is Nc1ccc([N+](=O)[O-])cc1C(=O)NCC1CCCS1. The monoisotopic (exact) mass is 281 g/mol. The third-order valence-corrected chi connectivity index (χ3v) is 4.40. The lowest BCUT2D eigenvalue weighted by Crippen LogP contribution is -2.30. The van der Waals surface area contributed by atoms with Crippen LogP contribution in [0.1, 0.15) is 23.2 Å². The van der Waals surface area contributed by atoms with Crippen molar-refractivity contribution >= 4 is 29.0 Å². The first-order chi connectivity index (χ1) is 9.08. The molecule has 1 aliphatic heterocycles. The largest absolute Gasteiger partial charge is 0.398 e. The molecule has 1 heterocycles. The first-order valence-corrected chi connectivity index (χ1v) is 7.06. The van der Waals surface area contributed by atoms with Crippen molar-refractivity contribution in [3.63, 3.8) is 0 Å². The van der Waals surface area contributed by atoms with Gasteiger partial charge in [-0.25, -0.2) is 0 Å². The number of nitro benzene ring substituents is 1. The summed E-state index contributed by atoms with van der Waals surface area (Å²) in [7, 11) is 0. The van der Waals surface area contributed by atoms with E-state index in [1.54, 1.807) is 0 Å². The number of rotatable bonds is 4. The molecular formula is C12H15N3O3S. The number of non-ortho nitro benzene ring substituents is 1. The summed E-state index contributed by atoms with van der Waals surface area (Å²) in [5, 5.41) is 13.9. The molecule has 1 aromatic rings. The van der Waals surface area contributed by atoms with Crippen LogP contribution in [0.2, 0.25) is 0 Å². The average molecular weight is 281 g/mol. The van der Waals surface area contributed by atoms with Crippen molar-refractivity contribution in [2.45, 2.75) is 18.1 Å². The zero-order valence-electron chi connectivity index (χ0n) is 10.3. The summed E-state index contributed by atoms with van der Waals surface area (Å²) in [6.07, 6.45) is 2.26. The van der Waals surface area contributed by atoms with Crippen LogP contribution in [-0.4, -0.2) is 28.4 Å². The topological polar surface area (TPSA) is 98.3 Å². The molecule has 1 aromatic carbocycles. The third-order valence-electron chi connectivity index (χ3n) is 3.01. The minimum absolute atomic E-state index is 0.130. The Morgan fingerprint density at radius 2 is 2.37 bits per heavy atom. The van der Waals surface area contributed by atoms with Gasteiger partial charge in [0.05, 0.1) is 10.5 Å². The molecule has 0 spiro atoms. The van der Waals surface area contributed by atoms with E-state index in [2.05, 4.69) is 5.32 Å². The van der Waals surface area contributed by atoms with E-state index in [4.69, 9.17) is 5.73 Å². The highest BCUT2D eigenvalue weighted by molar-refractivity contribution is 8.00. The summed E-state index contributed by atoms with van der Waals surface area (Å²) < 4.78 is 0. The summed E-state index contributed by atoms with van der Waals surface area (Å²) in [6, 6.07) is 3.89. The number of nitro groups is 1. The van der Waals surface area contributed by atoms with Gasteiger partial charge < -0.3 is 11.1 Å². The fourth-order valence-electron chi connectivity index (χ4n) is 1.96. The van der Waals surface area contributed by atoms with Gasteiger partial charge in [-0.1, -0.05) is 0 Å². The molecule has 0 bridgehead atoms. The van der Waals surface area contributed by atoms with E-state index in [9.17, 15) is 14.9 Å². The number of hydrogen-bond donors (Lipinski definition) is 2. The van der Waals surface area contributed by atoms with Crippen LogP contribution >= 0.6 is 11.8 Å². The molecule has 6 nitrogen and oxygen atoms in total. The molecule has 2 rings (SSSR count). The molecule has 3 N–H and O–H groups in total. The molecule has 0 radical (unpaired) electrons. The Morgan fingerprint density at radius 3 is 3.00 bits per heavy atom. The summed E-state index contributed by atoms with van der Waals surface area (Å²) in [4.78, 5) is 22.1. The van der Waals surface area contributed by atoms with E-state index < -0.39 is 4.92 Å². The zero-order chi connectivity index (χ0) is 13.8. The van der Waals surface area contributed by atoms with Crippen molar-refractivity contribution < 1.29 is 9.72 Å². The van der Waals surface area contributed by atoms with Gasteiger partial charge in [-0.3, -0.25) is 14.9 Å². The molecule has 1 aliphatic rings. The molecule has 1 unspecified atom stereocenters. The number of carbonyl (C=O) groups is 1. The Hall–Kier alpha value is -1.76. The van der Waals surface area contributed by atoms with E-state index in [0.29, 0.717) is 11.8 Å². The Balaban J connectivity index is 2.04. The van der Waals surface area contributed by atoms with Crippen LogP contribution in [0.15, 0.2) is 18.2 Å². The van der Waals surface area contributed by atoms with Crippen molar-refractivity contribution in [2.24, 2.45) is 0 Å². The van der Waals surface area contributed by atoms with Gasteiger partial charge in [0.2, 0.25) is 0 Å². The molecule has 0 aliphatic carbocycles. The van der Waals surface area contributed by atoms with E-state index >= 15 is 0 Å². The first-order valence-electron chi connectivity index (χ1n) is 6.01. The number of thioether (sulfide) groups is 1. The molecule has 0 saturated carbocycles. The van der Waals surface area contributed by atoms with Crippen LogP contribution in [0.3, 0.4) is 0 Å². The van der Waals surface area contributed by atoms with Crippen LogP contribution in [-0.2, 0) is 0 Å². The molecule has 1 fully saturated rings. The van der Waals surface area contributed by atoms with Gasteiger partial charge in [-0.05, 0) is 24.7 Å². The maximum absolute atomic E-state index is 12.0. The molecular weight excluding hydrogens is 266 g/mol. The number of nitrogens with zero attached hydrogens (tertiary/aromatic N) is 1. The molecule has 1 amide bonds. The molecule has 1 atom stereocenters. The fraction of sp³-hybridized carbons (Fsp3) is 0.417. The third kappa shape index (κ3) is 3.37. The second-order valence-corrected chi connectivity index (χ2v) is 5.78. The molecule has 102 valence electrons. The minimum atomic E-state index is -0.539. The van der Waals surface area contributed by atoms with Crippen molar-refractivity contribution in [3.8, 4) is 0 Å². The number of benzene rings is 1. The van der Waals surface area contributed by atoms with Crippen LogP contribution in [0.5, 0.6) is 0 Å². The highest BCUT2D eigenvalue weighted by Crippen LogP contribution is 2.25. The van der Waals surface area contributed by atoms with Crippen molar-refractivity contribution in [2.75, 3.05) is 18.0 Å². The predicted molar refractivity (Wildman–Crippen MR) is 75.3 cm³/mol. The maximum Gasteiger partial charge on any atom is 0.270 e. The summed E-state index contributed by atoms with van der Waals surface area (Å²) >= 11 is 1.84. The Bertz CT molecular complexity index is 501. The second-order valence-electron chi connectivity index (χ2n) is 4.37. The highest BCUT2D eigenvalue weighted by atomic mass is 32.2. The first kappa shape index (κ1) is 13.7. The number of nitrogens with one attached hydrogen (secondary N) is 1. The Morgan fingerprint density at radius 1 is 1.58 bits per heavy atom. The lowest BCUT2D eigenvalue weighted by molar-refractivity contribution is -0.384. The van der Waals surface area contributed by atoms with Crippen LogP contribution in [0.4, 0.5) is 11.4 Å². The number of anilines is 1. The predicted octanol–water partition coefficient (Wildman–Crippen LogP) is 1.80. The number of amides is 1. The normalized spacial score (nSPS) is 18.2. The highest BCUT2D eigenvalue weighted by Gasteiger charge is 2.19. The minimum Gasteiger partial charge on any atom is -0.398 e. The lowest BCUT2D eigenvalue weighted by Gasteiger charge is -2.11. The van der Waals surface area contributed by atoms with E-state index in [1.807, 2.05) is 11.8 Å². The number of carbonyl (C=O) groups excluding carboxylic acids is 1. The molecule has 19 heavy (non-hydrogen) atoms. The van der Waals surface area contributed by atoms with Crippen molar-refractivity contribution in [3.05, 3.63) is 33.9 Å². The van der Waals surface area contributed by atoms with Gasteiger partial charge in [-0.2, -0.15) is 11.8 Å². The summed E-state index contributed by atoms with van der Waals surface area (Å²) in [6.45, 7) is 0.575. The maximum atomic E-state index is 12.0. The van der Waals surface area contributed by atoms with Gasteiger partial charge >= 0.3 is 0 Å². The lowest BCUT2D eigenvalue weighted by atomic mass is 10.1.